The van der Waals surface area contributed by atoms with Crippen molar-refractivity contribution in [2.75, 3.05) is 23.7 Å². The molecule has 1 aliphatic heterocycles. The Morgan fingerprint density at radius 2 is 2.00 bits per heavy atom. The average Bonchev–Trinajstić information content (AvgIpc) is 2.20. The van der Waals surface area contributed by atoms with Crippen LogP contribution in [0.4, 0.5) is 11.6 Å². The number of nitrogens with zero attached hydrogens (tertiary/aromatic N) is 3. The Bertz CT molecular complexity index is 459. The van der Waals surface area contributed by atoms with Gasteiger partial charge in [0.1, 0.15) is 17.5 Å². The Morgan fingerprint density at radius 1 is 1.33 bits per heavy atom. The molecule has 0 aliphatic carbocycles. The zero-order valence-corrected chi connectivity index (χ0v) is 11.8. The Kier molecular flexibility index (Phi) is 3.19. The lowest BCUT2D eigenvalue weighted by atomic mass is 10.1. The lowest BCUT2D eigenvalue weighted by Crippen LogP contribution is -2.52. The van der Waals surface area contributed by atoms with Gasteiger partial charge >= 0.3 is 0 Å². The standard InChI is InChI=1S/C13H22N4O/c1-8-6-17(7-13(4,5)18-8)12-9(2)11(14)15-10(3)16-12/h8H,6-7H2,1-5H3,(H2,14,15,16). The number of rotatable bonds is 1. The molecule has 1 atom stereocenters. The summed E-state index contributed by atoms with van der Waals surface area (Å²) in [6, 6.07) is 0. The molecule has 1 fully saturated rings. The van der Waals surface area contributed by atoms with Crippen LogP contribution in [-0.2, 0) is 4.74 Å². The van der Waals surface area contributed by atoms with Crippen molar-refractivity contribution in [2.45, 2.75) is 46.3 Å². The molecule has 0 aromatic carbocycles. The lowest BCUT2D eigenvalue weighted by molar-refractivity contribution is -0.0752. The van der Waals surface area contributed by atoms with E-state index in [0.717, 1.165) is 24.5 Å². The third kappa shape index (κ3) is 2.56. The van der Waals surface area contributed by atoms with Crippen LogP contribution < -0.4 is 10.6 Å². The second-order valence-electron chi connectivity index (χ2n) is 5.67. The SMILES string of the molecule is Cc1nc(N)c(C)c(N2CC(C)OC(C)(C)C2)n1. The predicted molar refractivity (Wildman–Crippen MR) is 72.8 cm³/mol. The zero-order valence-electron chi connectivity index (χ0n) is 11.8. The van der Waals surface area contributed by atoms with Crippen molar-refractivity contribution in [2.24, 2.45) is 0 Å². The van der Waals surface area contributed by atoms with E-state index in [2.05, 4.69) is 35.6 Å². The summed E-state index contributed by atoms with van der Waals surface area (Å²) >= 11 is 0. The fourth-order valence-corrected chi connectivity index (χ4v) is 2.56. The van der Waals surface area contributed by atoms with E-state index in [-0.39, 0.29) is 11.7 Å². The molecule has 1 aromatic rings. The number of hydrogen-bond acceptors (Lipinski definition) is 5. The fraction of sp³-hybridized carbons (Fsp3) is 0.692. The number of hydrogen-bond donors (Lipinski definition) is 1. The summed E-state index contributed by atoms with van der Waals surface area (Å²) in [5.74, 6) is 2.21. The van der Waals surface area contributed by atoms with Crippen LogP contribution in [0, 0.1) is 13.8 Å². The molecule has 0 saturated carbocycles. The van der Waals surface area contributed by atoms with Crippen LogP contribution >= 0.6 is 0 Å². The van der Waals surface area contributed by atoms with Gasteiger partial charge < -0.3 is 15.4 Å². The number of aromatic nitrogens is 2. The highest BCUT2D eigenvalue weighted by Crippen LogP contribution is 2.28. The third-order valence-corrected chi connectivity index (χ3v) is 3.14. The molecule has 0 radical (unpaired) electrons. The summed E-state index contributed by atoms with van der Waals surface area (Å²) < 4.78 is 5.91. The van der Waals surface area contributed by atoms with Crippen LogP contribution in [0.2, 0.25) is 0 Å². The highest BCUT2D eigenvalue weighted by atomic mass is 16.5. The van der Waals surface area contributed by atoms with Gasteiger partial charge in [-0.05, 0) is 34.6 Å². The first-order chi connectivity index (χ1) is 8.28. The second kappa shape index (κ2) is 4.39. The highest BCUT2D eigenvalue weighted by molar-refractivity contribution is 5.56. The van der Waals surface area contributed by atoms with Crippen LogP contribution in [0.1, 0.15) is 32.2 Å². The molecule has 18 heavy (non-hydrogen) atoms. The maximum atomic E-state index is 5.92. The van der Waals surface area contributed by atoms with Crippen molar-refractivity contribution in [3.8, 4) is 0 Å². The largest absolute Gasteiger partial charge is 0.383 e. The minimum atomic E-state index is -0.169. The number of anilines is 2. The van der Waals surface area contributed by atoms with E-state index in [9.17, 15) is 0 Å². The van der Waals surface area contributed by atoms with Crippen molar-refractivity contribution >= 4 is 11.6 Å². The first-order valence-corrected chi connectivity index (χ1v) is 6.32. The molecule has 100 valence electrons. The maximum Gasteiger partial charge on any atom is 0.137 e. The normalized spacial score (nSPS) is 23.2. The number of morpholine rings is 1. The molecule has 1 unspecified atom stereocenters. The quantitative estimate of drug-likeness (QED) is 0.821. The van der Waals surface area contributed by atoms with E-state index in [0.29, 0.717) is 11.6 Å². The summed E-state index contributed by atoms with van der Waals surface area (Å²) in [5, 5.41) is 0. The van der Waals surface area contributed by atoms with Gasteiger partial charge in [0, 0.05) is 18.7 Å². The smallest absolute Gasteiger partial charge is 0.137 e. The number of ether oxygens (including phenoxy) is 1. The molecule has 1 aliphatic rings. The molecule has 1 aromatic heterocycles. The minimum Gasteiger partial charge on any atom is -0.383 e. The van der Waals surface area contributed by atoms with Gasteiger partial charge in [-0.15, -0.1) is 0 Å². The van der Waals surface area contributed by atoms with E-state index >= 15 is 0 Å². The molecular formula is C13H22N4O. The molecular weight excluding hydrogens is 228 g/mol. The summed E-state index contributed by atoms with van der Waals surface area (Å²) in [5.41, 5.74) is 6.70. The van der Waals surface area contributed by atoms with E-state index in [4.69, 9.17) is 10.5 Å². The van der Waals surface area contributed by atoms with Crippen LogP contribution in [0.5, 0.6) is 0 Å². The van der Waals surface area contributed by atoms with Gasteiger partial charge in [0.25, 0.3) is 0 Å². The van der Waals surface area contributed by atoms with Gasteiger partial charge in [-0.25, -0.2) is 9.97 Å². The van der Waals surface area contributed by atoms with E-state index in [1.807, 2.05) is 13.8 Å². The second-order valence-corrected chi connectivity index (χ2v) is 5.67. The highest BCUT2D eigenvalue weighted by Gasteiger charge is 2.32. The summed E-state index contributed by atoms with van der Waals surface area (Å²) in [4.78, 5) is 11.0. The van der Waals surface area contributed by atoms with E-state index in [1.54, 1.807) is 0 Å². The topological polar surface area (TPSA) is 64.3 Å². The van der Waals surface area contributed by atoms with Gasteiger partial charge in [-0.2, -0.15) is 0 Å². The Morgan fingerprint density at radius 3 is 2.61 bits per heavy atom. The molecule has 0 spiro atoms. The Balaban J connectivity index is 2.36. The fourth-order valence-electron chi connectivity index (χ4n) is 2.56. The molecule has 5 nitrogen and oxygen atoms in total. The van der Waals surface area contributed by atoms with Gasteiger partial charge in [-0.3, -0.25) is 0 Å². The van der Waals surface area contributed by atoms with Crippen LogP contribution in [-0.4, -0.2) is 34.8 Å². The molecule has 2 rings (SSSR count). The average molecular weight is 250 g/mol. The van der Waals surface area contributed by atoms with Crippen molar-refractivity contribution in [3.05, 3.63) is 11.4 Å². The predicted octanol–water partition coefficient (Wildman–Crippen LogP) is 1.68. The Hall–Kier alpha value is -1.36. The Labute approximate surface area is 108 Å². The lowest BCUT2D eigenvalue weighted by Gasteiger charge is -2.42. The van der Waals surface area contributed by atoms with Gasteiger partial charge in [0.2, 0.25) is 0 Å². The molecule has 1 saturated heterocycles. The molecule has 5 heteroatoms. The van der Waals surface area contributed by atoms with Crippen molar-refractivity contribution in [1.82, 2.24) is 9.97 Å². The monoisotopic (exact) mass is 250 g/mol. The number of nitrogen functional groups attached to an aromatic ring is 1. The minimum absolute atomic E-state index is 0.169. The van der Waals surface area contributed by atoms with E-state index in [1.165, 1.54) is 0 Å². The first kappa shape index (κ1) is 13.1. The third-order valence-electron chi connectivity index (χ3n) is 3.14. The summed E-state index contributed by atoms with van der Waals surface area (Å²) in [6.45, 7) is 11.8. The van der Waals surface area contributed by atoms with Crippen LogP contribution in [0.3, 0.4) is 0 Å². The van der Waals surface area contributed by atoms with Crippen molar-refractivity contribution in [3.63, 3.8) is 0 Å². The van der Waals surface area contributed by atoms with Crippen molar-refractivity contribution in [1.29, 1.82) is 0 Å². The maximum absolute atomic E-state index is 5.92. The van der Waals surface area contributed by atoms with Crippen LogP contribution in [0.25, 0.3) is 0 Å². The molecule has 0 amide bonds. The molecule has 2 N–H and O–H groups in total. The molecule has 0 bridgehead atoms. The van der Waals surface area contributed by atoms with Gasteiger partial charge in [-0.1, -0.05) is 0 Å². The number of nitrogens with two attached hydrogens (primary N) is 1. The summed E-state index contributed by atoms with van der Waals surface area (Å²) in [7, 11) is 0. The van der Waals surface area contributed by atoms with Crippen LogP contribution in [0.15, 0.2) is 0 Å². The molecule has 2 heterocycles. The van der Waals surface area contributed by atoms with Gasteiger partial charge in [0.05, 0.1) is 11.7 Å². The van der Waals surface area contributed by atoms with Crippen molar-refractivity contribution < 1.29 is 4.74 Å². The first-order valence-electron chi connectivity index (χ1n) is 6.32. The zero-order chi connectivity index (χ0) is 13.5. The number of aryl methyl sites for hydroxylation is 1. The van der Waals surface area contributed by atoms with Gasteiger partial charge in [0.15, 0.2) is 0 Å². The summed E-state index contributed by atoms with van der Waals surface area (Å²) in [6.07, 6.45) is 0.185. The van der Waals surface area contributed by atoms with E-state index < -0.39 is 0 Å².